The molecule has 0 aliphatic heterocycles. The van der Waals surface area contributed by atoms with Gasteiger partial charge in [-0.15, -0.1) is 0 Å². The first-order valence-electron chi connectivity index (χ1n) is 9.85. The molecule has 4 aromatic rings. The lowest BCUT2D eigenvalue weighted by atomic mass is 10.1. The molecule has 0 spiro atoms. The highest BCUT2D eigenvalue weighted by atomic mass is 32.2. The molecule has 0 aromatic heterocycles. The van der Waals surface area contributed by atoms with E-state index in [0.717, 1.165) is 35.4 Å². The number of benzene rings is 4. The summed E-state index contributed by atoms with van der Waals surface area (Å²) in [6.45, 7) is 0. The molecule has 0 bridgehead atoms. The Morgan fingerprint density at radius 2 is 0.667 bits per heavy atom. The van der Waals surface area contributed by atoms with E-state index in [0.29, 0.717) is 6.42 Å². The van der Waals surface area contributed by atoms with Crippen LogP contribution in [0.5, 0.6) is 0 Å². The van der Waals surface area contributed by atoms with Crippen LogP contribution in [-0.4, -0.2) is 16.8 Å². The number of hydrogen-bond donors (Lipinski definition) is 0. The van der Waals surface area contributed by atoms with Gasteiger partial charge < -0.3 is 0 Å². The summed E-state index contributed by atoms with van der Waals surface area (Å²) in [5.41, 5.74) is 1.67. The number of sulfone groups is 2. The van der Waals surface area contributed by atoms with Gasteiger partial charge in [0.05, 0.1) is 19.6 Å². The highest BCUT2D eigenvalue weighted by Crippen LogP contribution is 2.24. The van der Waals surface area contributed by atoms with Crippen molar-refractivity contribution in [2.75, 3.05) is 0 Å². The Bertz CT molecular complexity index is 1360. The molecule has 0 fully saturated rings. The molecule has 4 aromatic carbocycles. The topological polar surface area (TPSA) is 68.3 Å². The molecule has 8 heteroatoms. The maximum absolute atomic E-state index is 13.1. The monoisotopic (exact) mass is 484 g/mol. The molecular weight excluding hydrogens is 466 g/mol. The van der Waals surface area contributed by atoms with E-state index in [4.69, 9.17) is 0 Å². The SMILES string of the molecule is O=S(=O)(c1ccc(F)cc1)c1ccc(Cc2ccc(S(=O)(=O)c3ccc(F)cc3)cc2)cc1. The molecule has 0 unspecified atom stereocenters. The average Bonchev–Trinajstić information content (AvgIpc) is 2.80. The molecule has 168 valence electrons. The van der Waals surface area contributed by atoms with E-state index in [1.54, 1.807) is 24.3 Å². The van der Waals surface area contributed by atoms with Crippen LogP contribution in [0.3, 0.4) is 0 Å². The van der Waals surface area contributed by atoms with E-state index in [-0.39, 0.29) is 19.6 Å². The molecule has 4 nitrogen and oxygen atoms in total. The van der Waals surface area contributed by atoms with Crippen LogP contribution in [0.2, 0.25) is 0 Å². The largest absolute Gasteiger partial charge is 0.219 e. The minimum absolute atomic E-state index is 0.00889. The summed E-state index contributed by atoms with van der Waals surface area (Å²) < 4.78 is 76.9. The second kappa shape index (κ2) is 8.88. The van der Waals surface area contributed by atoms with E-state index in [1.807, 2.05) is 0 Å². The molecule has 0 saturated heterocycles. The van der Waals surface area contributed by atoms with Gasteiger partial charge in [0, 0.05) is 0 Å². The Kier molecular flexibility index (Phi) is 6.14. The van der Waals surface area contributed by atoms with Gasteiger partial charge in [0.1, 0.15) is 11.6 Å². The van der Waals surface area contributed by atoms with E-state index in [2.05, 4.69) is 0 Å². The summed E-state index contributed by atoms with van der Waals surface area (Å²) in [5.74, 6) is -1.03. The number of hydrogen-bond acceptors (Lipinski definition) is 4. The van der Waals surface area contributed by atoms with Gasteiger partial charge in [0.2, 0.25) is 19.7 Å². The Morgan fingerprint density at radius 1 is 0.424 bits per heavy atom. The second-order valence-corrected chi connectivity index (χ2v) is 11.3. The summed E-state index contributed by atoms with van der Waals surface area (Å²) in [6, 6.07) is 22.0. The fraction of sp³-hybridized carbons (Fsp3) is 0.0400. The normalized spacial score (nSPS) is 11.9. The molecule has 0 atom stereocenters. The van der Waals surface area contributed by atoms with Crippen LogP contribution < -0.4 is 0 Å². The molecular formula is C25H18F2O4S2. The summed E-state index contributed by atoms with van der Waals surface area (Å²) >= 11 is 0. The molecule has 0 radical (unpaired) electrons. The average molecular weight is 485 g/mol. The first-order valence-corrected chi connectivity index (χ1v) is 12.8. The molecule has 0 heterocycles. The molecule has 0 aliphatic rings. The summed E-state index contributed by atoms with van der Waals surface area (Å²) in [7, 11) is -7.51. The zero-order valence-electron chi connectivity index (χ0n) is 17.2. The Morgan fingerprint density at radius 3 is 0.939 bits per heavy atom. The first kappa shape index (κ1) is 22.8. The zero-order valence-corrected chi connectivity index (χ0v) is 18.8. The summed E-state index contributed by atoms with van der Waals surface area (Å²) in [6.07, 6.45) is 0.466. The van der Waals surface area contributed by atoms with Crippen molar-refractivity contribution in [2.24, 2.45) is 0 Å². The minimum Gasteiger partial charge on any atom is -0.219 e. The predicted octanol–water partition coefficient (Wildman–Crippen LogP) is 5.22. The van der Waals surface area contributed by atoms with Crippen molar-refractivity contribution in [1.82, 2.24) is 0 Å². The van der Waals surface area contributed by atoms with E-state index < -0.39 is 31.3 Å². The maximum Gasteiger partial charge on any atom is 0.206 e. The summed E-state index contributed by atoms with van der Waals surface area (Å²) in [5, 5.41) is 0. The predicted molar refractivity (Wildman–Crippen MR) is 119 cm³/mol. The van der Waals surface area contributed by atoms with E-state index in [9.17, 15) is 25.6 Å². The van der Waals surface area contributed by atoms with Crippen LogP contribution in [0.1, 0.15) is 11.1 Å². The third-order valence-corrected chi connectivity index (χ3v) is 8.69. The van der Waals surface area contributed by atoms with Crippen molar-refractivity contribution in [1.29, 1.82) is 0 Å². The lowest BCUT2D eigenvalue weighted by Crippen LogP contribution is -2.03. The van der Waals surface area contributed by atoms with Gasteiger partial charge in [-0.25, -0.2) is 25.6 Å². The van der Waals surface area contributed by atoms with Crippen LogP contribution in [0.25, 0.3) is 0 Å². The third-order valence-electron chi connectivity index (χ3n) is 5.12. The van der Waals surface area contributed by atoms with Crippen molar-refractivity contribution in [2.45, 2.75) is 26.0 Å². The van der Waals surface area contributed by atoms with Gasteiger partial charge in [0.25, 0.3) is 0 Å². The van der Waals surface area contributed by atoms with Gasteiger partial charge >= 0.3 is 0 Å². The minimum atomic E-state index is -3.75. The first-order chi connectivity index (χ1) is 15.7. The van der Waals surface area contributed by atoms with E-state index in [1.165, 1.54) is 48.5 Å². The molecule has 33 heavy (non-hydrogen) atoms. The van der Waals surface area contributed by atoms with Crippen molar-refractivity contribution in [3.63, 3.8) is 0 Å². The van der Waals surface area contributed by atoms with Gasteiger partial charge in [-0.05, 0) is 90.3 Å². The van der Waals surface area contributed by atoms with Crippen LogP contribution in [-0.2, 0) is 26.1 Å². The van der Waals surface area contributed by atoms with Crippen molar-refractivity contribution < 1.29 is 25.6 Å². The Balaban J connectivity index is 1.51. The molecule has 0 aliphatic carbocycles. The van der Waals surface area contributed by atoms with Gasteiger partial charge in [-0.3, -0.25) is 0 Å². The van der Waals surface area contributed by atoms with Crippen molar-refractivity contribution >= 4 is 19.7 Å². The maximum atomic E-state index is 13.1. The number of halogens is 2. The van der Waals surface area contributed by atoms with Crippen molar-refractivity contribution in [3.8, 4) is 0 Å². The van der Waals surface area contributed by atoms with E-state index >= 15 is 0 Å². The highest BCUT2D eigenvalue weighted by Gasteiger charge is 2.19. The molecule has 4 rings (SSSR count). The number of rotatable bonds is 6. The van der Waals surface area contributed by atoms with Crippen molar-refractivity contribution in [3.05, 3.63) is 120 Å². The van der Waals surface area contributed by atoms with Crippen LogP contribution in [0.4, 0.5) is 8.78 Å². The quantitative estimate of drug-likeness (QED) is 0.352. The molecule has 0 saturated carbocycles. The lowest BCUT2D eigenvalue weighted by Gasteiger charge is -2.08. The van der Waals surface area contributed by atoms with Gasteiger partial charge in [0.15, 0.2) is 0 Å². The van der Waals surface area contributed by atoms with Gasteiger partial charge in [-0.2, -0.15) is 0 Å². The smallest absolute Gasteiger partial charge is 0.206 e. The molecule has 0 amide bonds. The zero-order chi connectivity index (χ0) is 23.6. The second-order valence-electron chi connectivity index (χ2n) is 7.38. The van der Waals surface area contributed by atoms with Crippen LogP contribution >= 0.6 is 0 Å². The Labute approximate surface area is 191 Å². The standard InChI is InChI=1S/C25H18F2O4S2/c26-20-5-13-24(14-6-20)32(28,29)22-9-1-18(2-10-22)17-19-3-11-23(12-4-19)33(30,31)25-15-7-21(27)8-16-25/h1-16H,17H2. The Hall–Kier alpha value is -3.36. The van der Waals surface area contributed by atoms with Gasteiger partial charge in [-0.1, -0.05) is 24.3 Å². The highest BCUT2D eigenvalue weighted by molar-refractivity contribution is 7.91. The van der Waals surface area contributed by atoms with Crippen LogP contribution in [0.15, 0.2) is 117 Å². The van der Waals surface area contributed by atoms with Crippen LogP contribution in [0, 0.1) is 11.6 Å². The third kappa shape index (κ3) is 4.86. The fourth-order valence-electron chi connectivity index (χ4n) is 3.31. The lowest BCUT2D eigenvalue weighted by molar-refractivity contribution is 0.593. The summed E-state index contributed by atoms with van der Waals surface area (Å²) in [4.78, 5) is 0.210. The molecule has 0 N–H and O–H groups in total. The fourth-order valence-corrected chi connectivity index (χ4v) is 5.83.